The van der Waals surface area contributed by atoms with Crippen LogP contribution >= 0.6 is 0 Å². The zero-order valence-corrected chi connectivity index (χ0v) is 10.9. The summed E-state index contributed by atoms with van der Waals surface area (Å²) in [5.41, 5.74) is 5.71. The van der Waals surface area contributed by atoms with Crippen molar-refractivity contribution in [3.8, 4) is 0 Å². The third-order valence-electron chi connectivity index (χ3n) is 3.23. The minimum Gasteiger partial charge on any atom is -0.481 e. The Morgan fingerprint density at radius 2 is 2.11 bits per heavy atom. The number of halogens is 2. The van der Waals surface area contributed by atoms with Crippen molar-refractivity contribution in [3.63, 3.8) is 0 Å². The lowest BCUT2D eigenvalue weighted by Crippen LogP contribution is -2.25. The Morgan fingerprint density at radius 1 is 1.42 bits per heavy atom. The van der Waals surface area contributed by atoms with Gasteiger partial charge < -0.3 is 10.8 Å². The molecule has 0 fully saturated rings. The summed E-state index contributed by atoms with van der Waals surface area (Å²) >= 11 is 0. The molecule has 5 heteroatoms. The molecule has 2 atom stereocenters. The van der Waals surface area contributed by atoms with E-state index in [1.54, 1.807) is 0 Å². The molecule has 0 radical (unpaired) electrons. The maximum Gasteiger partial charge on any atom is 0.307 e. The second-order valence-electron chi connectivity index (χ2n) is 4.89. The normalized spacial score (nSPS) is 14.1. The second-order valence-corrected chi connectivity index (χ2v) is 4.89. The van der Waals surface area contributed by atoms with Crippen LogP contribution in [0.1, 0.15) is 25.3 Å². The second kappa shape index (κ2) is 7.19. The molecule has 0 amide bonds. The van der Waals surface area contributed by atoms with Crippen LogP contribution < -0.4 is 5.73 Å². The van der Waals surface area contributed by atoms with E-state index in [-0.39, 0.29) is 12.5 Å². The van der Waals surface area contributed by atoms with Crippen molar-refractivity contribution in [1.29, 1.82) is 0 Å². The Balaban J connectivity index is 2.52. The lowest BCUT2D eigenvalue weighted by atomic mass is 9.91. The lowest BCUT2D eigenvalue weighted by Gasteiger charge is -2.16. The molecule has 106 valence electrons. The number of benzene rings is 1. The average Bonchev–Trinajstić information content (AvgIpc) is 2.36. The van der Waals surface area contributed by atoms with Crippen molar-refractivity contribution in [3.05, 3.63) is 35.4 Å². The molecule has 0 aliphatic rings. The average molecular weight is 271 g/mol. The van der Waals surface area contributed by atoms with Crippen LogP contribution in [0.4, 0.5) is 8.78 Å². The first-order valence-electron chi connectivity index (χ1n) is 6.30. The smallest absolute Gasteiger partial charge is 0.307 e. The molecule has 3 N–H and O–H groups in total. The minimum atomic E-state index is -0.911. The molecular formula is C14H19F2NO2. The SMILES string of the molecule is CC(CCc1cc(F)ccc1F)CC(CN)C(=O)O. The minimum absolute atomic E-state index is 0.0901. The summed E-state index contributed by atoms with van der Waals surface area (Å²) in [7, 11) is 0. The zero-order valence-electron chi connectivity index (χ0n) is 10.9. The van der Waals surface area contributed by atoms with E-state index < -0.39 is 23.5 Å². The van der Waals surface area contributed by atoms with Crippen LogP contribution in [0.25, 0.3) is 0 Å². The molecule has 19 heavy (non-hydrogen) atoms. The van der Waals surface area contributed by atoms with Crippen molar-refractivity contribution in [2.24, 2.45) is 17.6 Å². The Bertz CT molecular complexity index is 437. The number of aryl methyl sites for hydroxylation is 1. The summed E-state index contributed by atoms with van der Waals surface area (Å²) in [5, 5.41) is 8.90. The molecule has 1 aromatic rings. The van der Waals surface area contributed by atoms with E-state index in [9.17, 15) is 13.6 Å². The quantitative estimate of drug-likeness (QED) is 0.801. The summed E-state index contributed by atoms with van der Waals surface area (Å²) in [6.45, 7) is 1.98. The van der Waals surface area contributed by atoms with E-state index in [2.05, 4.69) is 0 Å². The van der Waals surface area contributed by atoms with E-state index in [1.165, 1.54) is 6.07 Å². The summed E-state index contributed by atoms with van der Waals surface area (Å²) in [6, 6.07) is 3.37. The van der Waals surface area contributed by atoms with Crippen LogP contribution in [0, 0.1) is 23.5 Å². The molecule has 0 bridgehead atoms. The summed E-state index contributed by atoms with van der Waals surface area (Å²) in [4.78, 5) is 10.8. The number of hydrogen-bond donors (Lipinski definition) is 2. The van der Waals surface area contributed by atoms with E-state index in [1.807, 2.05) is 6.92 Å². The lowest BCUT2D eigenvalue weighted by molar-refractivity contribution is -0.141. The van der Waals surface area contributed by atoms with Gasteiger partial charge in [0.2, 0.25) is 0 Å². The Kier molecular flexibility index (Phi) is 5.89. The van der Waals surface area contributed by atoms with Gasteiger partial charge in [-0.3, -0.25) is 4.79 Å². The monoisotopic (exact) mass is 271 g/mol. The van der Waals surface area contributed by atoms with Gasteiger partial charge in [0.15, 0.2) is 0 Å². The van der Waals surface area contributed by atoms with Crippen molar-refractivity contribution in [2.75, 3.05) is 6.54 Å². The first-order chi connectivity index (χ1) is 8.93. The van der Waals surface area contributed by atoms with Gasteiger partial charge in [-0.1, -0.05) is 6.92 Å². The van der Waals surface area contributed by atoms with Crippen LogP contribution in [-0.2, 0) is 11.2 Å². The largest absolute Gasteiger partial charge is 0.481 e. The molecule has 0 saturated heterocycles. The number of carboxylic acid groups (broad SMARTS) is 1. The molecule has 0 saturated carbocycles. The summed E-state index contributed by atoms with van der Waals surface area (Å²) in [5.74, 6) is -2.29. The molecule has 0 heterocycles. The maximum atomic E-state index is 13.4. The van der Waals surface area contributed by atoms with Gasteiger partial charge in [0.25, 0.3) is 0 Å². The van der Waals surface area contributed by atoms with Gasteiger partial charge in [-0.25, -0.2) is 8.78 Å². The molecular weight excluding hydrogens is 252 g/mol. The Hall–Kier alpha value is -1.49. The highest BCUT2D eigenvalue weighted by molar-refractivity contribution is 5.70. The van der Waals surface area contributed by atoms with Gasteiger partial charge in [0, 0.05) is 6.54 Å². The predicted octanol–water partition coefficient (Wildman–Crippen LogP) is 2.58. The first kappa shape index (κ1) is 15.6. The van der Waals surface area contributed by atoms with Crippen molar-refractivity contribution in [2.45, 2.75) is 26.2 Å². The van der Waals surface area contributed by atoms with Gasteiger partial charge in [-0.15, -0.1) is 0 Å². The molecule has 3 nitrogen and oxygen atoms in total. The highest BCUT2D eigenvalue weighted by Gasteiger charge is 2.19. The highest BCUT2D eigenvalue weighted by Crippen LogP contribution is 2.19. The van der Waals surface area contributed by atoms with E-state index in [0.29, 0.717) is 24.8 Å². The molecule has 1 rings (SSSR count). The molecule has 1 aromatic carbocycles. The van der Waals surface area contributed by atoms with E-state index in [4.69, 9.17) is 10.8 Å². The van der Waals surface area contributed by atoms with Crippen molar-refractivity contribution >= 4 is 5.97 Å². The van der Waals surface area contributed by atoms with Gasteiger partial charge in [-0.05, 0) is 48.9 Å². The standard InChI is InChI=1S/C14H19F2NO2/c1-9(6-11(8-17)14(18)19)2-3-10-7-12(15)4-5-13(10)16/h4-5,7,9,11H,2-3,6,8,17H2,1H3,(H,18,19). The van der Waals surface area contributed by atoms with Crippen LogP contribution in [-0.4, -0.2) is 17.6 Å². The predicted molar refractivity (Wildman–Crippen MR) is 68.6 cm³/mol. The third kappa shape index (κ3) is 4.95. The van der Waals surface area contributed by atoms with Crippen LogP contribution in [0.5, 0.6) is 0 Å². The fourth-order valence-electron chi connectivity index (χ4n) is 2.04. The van der Waals surface area contributed by atoms with Gasteiger partial charge in [-0.2, -0.15) is 0 Å². The fourth-order valence-corrected chi connectivity index (χ4v) is 2.04. The number of aliphatic carboxylic acids is 1. The summed E-state index contributed by atoms with van der Waals surface area (Å²) in [6.07, 6.45) is 1.44. The molecule has 2 unspecified atom stereocenters. The van der Waals surface area contributed by atoms with Crippen LogP contribution in [0.2, 0.25) is 0 Å². The number of hydrogen-bond acceptors (Lipinski definition) is 2. The van der Waals surface area contributed by atoms with Gasteiger partial charge in [0.05, 0.1) is 5.92 Å². The van der Waals surface area contributed by atoms with Crippen molar-refractivity contribution < 1.29 is 18.7 Å². The van der Waals surface area contributed by atoms with Crippen molar-refractivity contribution in [1.82, 2.24) is 0 Å². The molecule has 0 spiro atoms. The highest BCUT2D eigenvalue weighted by atomic mass is 19.1. The molecule has 0 aliphatic carbocycles. The zero-order chi connectivity index (χ0) is 14.4. The maximum absolute atomic E-state index is 13.4. The first-order valence-corrected chi connectivity index (χ1v) is 6.30. The number of nitrogens with two attached hydrogens (primary N) is 1. The van der Waals surface area contributed by atoms with E-state index >= 15 is 0 Å². The number of carbonyl (C=O) groups is 1. The Morgan fingerprint density at radius 3 is 2.68 bits per heavy atom. The topological polar surface area (TPSA) is 63.3 Å². The fraction of sp³-hybridized carbons (Fsp3) is 0.500. The van der Waals surface area contributed by atoms with Crippen LogP contribution in [0.3, 0.4) is 0 Å². The molecule has 0 aliphatic heterocycles. The number of rotatable bonds is 7. The van der Waals surface area contributed by atoms with Gasteiger partial charge in [0.1, 0.15) is 11.6 Å². The third-order valence-corrected chi connectivity index (χ3v) is 3.23. The summed E-state index contributed by atoms with van der Waals surface area (Å²) < 4.78 is 26.4. The van der Waals surface area contributed by atoms with Gasteiger partial charge >= 0.3 is 5.97 Å². The Labute approximate surface area is 111 Å². The molecule has 0 aromatic heterocycles. The van der Waals surface area contributed by atoms with E-state index in [0.717, 1.165) is 12.1 Å². The van der Waals surface area contributed by atoms with Crippen LogP contribution in [0.15, 0.2) is 18.2 Å². The number of carboxylic acids is 1.